The van der Waals surface area contributed by atoms with Crippen LogP contribution in [0.25, 0.3) is 0 Å². The van der Waals surface area contributed by atoms with Gasteiger partial charge in [-0.2, -0.15) is 11.8 Å². The molecule has 0 aromatic carbocycles. The van der Waals surface area contributed by atoms with Crippen molar-refractivity contribution in [1.29, 1.82) is 0 Å². The second-order valence-electron chi connectivity index (χ2n) is 4.07. The lowest BCUT2D eigenvalue weighted by Gasteiger charge is -2.15. The molecule has 5 heteroatoms. The summed E-state index contributed by atoms with van der Waals surface area (Å²) >= 11 is 1.93. The summed E-state index contributed by atoms with van der Waals surface area (Å²) < 4.78 is 0. The van der Waals surface area contributed by atoms with Gasteiger partial charge in [-0.3, -0.25) is 0 Å². The topological polar surface area (TPSA) is 58.2 Å². The summed E-state index contributed by atoms with van der Waals surface area (Å²) in [6, 6.07) is 0.598. The van der Waals surface area contributed by atoms with Crippen molar-refractivity contribution in [3.8, 4) is 0 Å². The molecule has 2 fully saturated rings. The number of unbranched alkanes of at least 4 members (excludes halogenated alkanes) is 2. The molecule has 0 aliphatic carbocycles. The predicted molar refractivity (Wildman–Crippen MR) is 60.0 cm³/mol. The second kappa shape index (κ2) is 4.88. The molecular weight excluding hydrogens is 212 g/mol. The molecule has 2 rings (SSSR count). The van der Waals surface area contributed by atoms with Gasteiger partial charge >= 0.3 is 6.03 Å². The van der Waals surface area contributed by atoms with E-state index in [1.807, 2.05) is 11.8 Å². The SMILES string of the molecule is O=CCCCC[C@@H]1SCC2NC(=O)NC21. The molecule has 0 spiro atoms. The molecule has 2 unspecified atom stereocenters. The van der Waals surface area contributed by atoms with E-state index in [1.54, 1.807) is 0 Å². The van der Waals surface area contributed by atoms with Gasteiger partial charge in [0.1, 0.15) is 6.29 Å². The lowest BCUT2D eigenvalue weighted by Crippen LogP contribution is -2.36. The number of thioether (sulfide) groups is 1. The largest absolute Gasteiger partial charge is 0.332 e. The number of amides is 2. The van der Waals surface area contributed by atoms with Crippen LogP contribution < -0.4 is 10.6 Å². The van der Waals surface area contributed by atoms with Crippen molar-refractivity contribution >= 4 is 24.1 Å². The highest BCUT2D eigenvalue weighted by Crippen LogP contribution is 2.33. The molecule has 4 nitrogen and oxygen atoms in total. The van der Waals surface area contributed by atoms with E-state index in [0.29, 0.717) is 23.8 Å². The first-order valence-electron chi connectivity index (χ1n) is 5.43. The van der Waals surface area contributed by atoms with Crippen LogP contribution >= 0.6 is 11.8 Å². The standard InChI is InChI=1S/C10H16N2O2S/c13-5-3-1-2-4-8-9-7(6-15-8)11-10(14)12-9/h5,7-9H,1-4,6H2,(H2,11,12,14)/t7?,8-,9?/m0/s1. The molecule has 0 aromatic rings. The fraction of sp³-hybridized carbons (Fsp3) is 0.800. The Labute approximate surface area is 93.6 Å². The molecule has 2 aliphatic rings. The quantitative estimate of drug-likeness (QED) is 0.418. The van der Waals surface area contributed by atoms with Gasteiger partial charge in [0, 0.05) is 17.4 Å². The normalized spacial score (nSPS) is 33.3. The molecular formula is C10H16N2O2S. The molecule has 15 heavy (non-hydrogen) atoms. The minimum absolute atomic E-state index is 0.0248. The summed E-state index contributed by atoms with van der Waals surface area (Å²) in [5.74, 6) is 1.02. The summed E-state index contributed by atoms with van der Waals surface area (Å²) in [7, 11) is 0. The Balaban J connectivity index is 1.74. The summed E-state index contributed by atoms with van der Waals surface area (Å²) in [6.07, 6.45) is 4.79. The molecule has 84 valence electrons. The molecule has 0 aromatic heterocycles. The fourth-order valence-electron chi connectivity index (χ4n) is 2.22. The number of aldehydes is 1. The zero-order chi connectivity index (χ0) is 10.7. The monoisotopic (exact) mass is 228 g/mol. The zero-order valence-corrected chi connectivity index (χ0v) is 9.39. The van der Waals surface area contributed by atoms with Crippen LogP contribution in [0.5, 0.6) is 0 Å². The van der Waals surface area contributed by atoms with E-state index in [4.69, 9.17) is 0 Å². The maximum atomic E-state index is 11.1. The van der Waals surface area contributed by atoms with Crippen LogP contribution in [0.4, 0.5) is 4.79 Å². The maximum Gasteiger partial charge on any atom is 0.315 e. The predicted octanol–water partition coefficient (Wildman–Crippen LogP) is 0.911. The van der Waals surface area contributed by atoms with Gasteiger partial charge in [-0.15, -0.1) is 0 Å². The Morgan fingerprint density at radius 3 is 3.07 bits per heavy atom. The van der Waals surface area contributed by atoms with E-state index in [0.717, 1.165) is 31.3 Å². The van der Waals surface area contributed by atoms with Crippen molar-refractivity contribution in [2.75, 3.05) is 5.75 Å². The molecule has 2 N–H and O–H groups in total. The molecule has 2 amide bonds. The number of hydrogen-bond donors (Lipinski definition) is 2. The Kier molecular flexibility index (Phi) is 3.51. The van der Waals surface area contributed by atoms with Crippen LogP contribution in [0.1, 0.15) is 25.7 Å². The van der Waals surface area contributed by atoms with Crippen LogP contribution in [0.15, 0.2) is 0 Å². The highest BCUT2D eigenvalue weighted by atomic mass is 32.2. The number of carbonyl (C=O) groups excluding carboxylic acids is 2. The van der Waals surface area contributed by atoms with E-state index in [1.165, 1.54) is 0 Å². The Hall–Kier alpha value is -0.710. The van der Waals surface area contributed by atoms with Gasteiger partial charge in [0.15, 0.2) is 0 Å². The van der Waals surface area contributed by atoms with Crippen molar-refractivity contribution in [2.45, 2.75) is 43.0 Å². The van der Waals surface area contributed by atoms with Crippen molar-refractivity contribution in [2.24, 2.45) is 0 Å². The van der Waals surface area contributed by atoms with E-state index >= 15 is 0 Å². The minimum atomic E-state index is -0.0248. The molecule has 0 bridgehead atoms. The van der Waals surface area contributed by atoms with Gasteiger partial charge in [0.25, 0.3) is 0 Å². The van der Waals surface area contributed by atoms with Crippen molar-refractivity contribution in [3.63, 3.8) is 0 Å². The van der Waals surface area contributed by atoms with E-state index < -0.39 is 0 Å². The molecule has 2 saturated heterocycles. The van der Waals surface area contributed by atoms with Gasteiger partial charge in [-0.1, -0.05) is 6.42 Å². The second-order valence-corrected chi connectivity index (χ2v) is 5.35. The third-order valence-electron chi connectivity index (χ3n) is 3.00. The third kappa shape index (κ3) is 2.45. The fourth-order valence-corrected chi connectivity index (χ4v) is 3.76. The van der Waals surface area contributed by atoms with Crippen molar-refractivity contribution < 1.29 is 9.59 Å². The number of carbonyl (C=O) groups is 2. The van der Waals surface area contributed by atoms with Gasteiger partial charge in [-0.25, -0.2) is 4.79 Å². The minimum Gasteiger partial charge on any atom is -0.332 e. The summed E-state index contributed by atoms with van der Waals surface area (Å²) in [6.45, 7) is 0. The molecule has 2 heterocycles. The van der Waals surface area contributed by atoms with Crippen LogP contribution in [-0.4, -0.2) is 35.4 Å². The number of nitrogens with one attached hydrogen (secondary N) is 2. The van der Waals surface area contributed by atoms with E-state index in [-0.39, 0.29) is 6.03 Å². The highest BCUT2D eigenvalue weighted by molar-refractivity contribution is 8.00. The lowest BCUT2D eigenvalue weighted by molar-refractivity contribution is -0.107. The molecule has 0 saturated carbocycles. The van der Waals surface area contributed by atoms with Crippen molar-refractivity contribution in [3.05, 3.63) is 0 Å². The third-order valence-corrected chi connectivity index (χ3v) is 4.51. The van der Waals surface area contributed by atoms with E-state index in [9.17, 15) is 9.59 Å². The van der Waals surface area contributed by atoms with Gasteiger partial charge in [-0.05, 0) is 12.8 Å². The molecule has 2 aliphatic heterocycles. The average molecular weight is 228 g/mol. The zero-order valence-electron chi connectivity index (χ0n) is 8.57. The van der Waals surface area contributed by atoms with Gasteiger partial charge in [0.05, 0.1) is 12.1 Å². The number of fused-ring (bicyclic) bond motifs is 1. The number of rotatable bonds is 5. The van der Waals surface area contributed by atoms with Crippen molar-refractivity contribution in [1.82, 2.24) is 10.6 Å². The lowest BCUT2D eigenvalue weighted by atomic mass is 10.0. The summed E-state index contributed by atoms with van der Waals surface area (Å²) in [5, 5.41) is 6.42. The summed E-state index contributed by atoms with van der Waals surface area (Å²) in [4.78, 5) is 21.3. The average Bonchev–Trinajstić information content (AvgIpc) is 2.73. The van der Waals surface area contributed by atoms with Crippen LogP contribution in [0.2, 0.25) is 0 Å². The Bertz CT molecular complexity index is 260. The number of hydrogen-bond acceptors (Lipinski definition) is 3. The first kappa shape index (κ1) is 10.8. The summed E-state index contributed by atoms with van der Waals surface area (Å²) in [5.41, 5.74) is 0. The van der Waals surface area contributed by atoms with E-state index in [2.05, 4.69) is 10.6 Å². The van der Waals surface area contributed by atoms with Gasteiger partial charge in [0.2, 0.25) is 0 Å². The Morgan fingerprint density at radius 1 is 1.40 bits per heavy atom. The molecule has 3 atom stereocenters. The first-order chi connectivity index (χ1) is 7.31. The smallest absolute Gasteiger partial charge is 0.315 e. The van der Waals surface area contributed by atoms with Crippen LogP contribution in [-0.2, 0) is 4.79 Å². The molecule has 0 radical (unpaired) electrons. The number of urea groups is 1. The highest BCUT2D eigenvalue weighted by Gasteiger charge is 2.42. The van der Waals surface area contributed by atoms with Crippen LogP contribution in [0, 0.1) is 0 Å². The van der Waals surface area contributed by atoms with Gasteiger partial charge < -0.3 is 15.4 Å². The maximum absolute atomic E-state index is 11.1. The first-order valence-corrected chi connectivity index (χ1v) is 6.48. The van der Waals surface area contributed by atoms with Crippen LogP contribution in [0.3, 0.4) is 0 Å². The Morgan fingerprint density at radius 2 is 2.27 bits per heavy atom.